The minimum Gasteiger partial charge on any atom is -0.497 e. The fourth-order valence-corrected chi connectivity index (χ4v) is 5.43. The van der Waals surface area contributed by atoms with Crippen molar-refractivity contribution in [1.29, 1.82) is 0 Å². The van der Waals surface area contributed by atoms with Crippen molar-refractivity contribution in [2.45, 2.75) is 17.1 Å². The molecule has 1 unspecified atom stereocenters. The maximum Gasteiger partial charge on any atom is 0.255 e. The Morgan fingerprint density at radius 3 is 2.37 bits per heavy atom. The van der Waals surface area contributed by atoms with E-state index in [1.54, 1.807) is 31.4 Å². The number of thioether (sulfide) groups is 1. The number of aromatic nitrogens is 1. The number of ether oxygens (including phenoxy) is 1. The van der Waals surface area contributed by atoms with Gasteiger partial charge in [0.2, 0.25) is 5.91 Å². The molecule has 4 aromatic carbocycles. The number of nitrogens with zero attached hydrogens (tertiary/aromatic N) is 1. The van der Waals surface area contributed by atoms with Gasteiger partial charge in [0.15, 0.2) is 5.13 Å². The number of hydrogen-bond donors (Lipinski definition) is 2. The second-order valence-corrected chi connectivity index (χ2v) is 10.8. The van der Waals surface area contributed by atoms with Gasteiger partial charge in [0.25, 0.3) is 5.91 Å². The predicted molar refractivity (Wildman–Crippen MR) is 156 cm³/mol. The number of methoxy groups -OCH3 is 1. The summed E-state index contributed by atoms with van der Waals surface area (Å²) < 4.78 is 5.13. The molecule has 0 aliphatic heterocycles. The van der Waals surface area contributed by atoms with Gasteiger partial charge >= 0.3 is 0 Å². The zero-order valence-electron chi connectivity index (χ0n) is 20.8. The van der Waals surface area contributed by atoms with Crippen LogP contribution in [0.4, 0.5) is 10.8 Å². The van der Waals surface area contributed by atoms with Crippen LogP contribution in [0.3, 0.4) is 0 Å². The number of carbonyl (C=O) groups excluding carboxylic acids is 2. The summed E-state index contributed by atoms with van der Waals surface area (Å²) in [6, 6.07) is 28.8. The number of nitrogens with one attached hydrogen (secondary N) is 2. The van der Waals surface area contributed by atoms with Gasteiger partial charge in [-0.3, -0.25) is 9.59 Å². The van der Waals surface area contributed by atoms with Gasteiger partial charge in [0, 0.05) is 27.1 Å². The number of thiazole rings is 1. The fourth-order valence-electron chi connectivity index (χ4n) is 3.84. The lowest BCUT2D eigenvalue weighted by atomic mass is 10.1. The first-order valence-corrected chi connectivity index (χ1v) is 13.7. The quantitative estimate of drug-likeness (QED) is 0.202. The van der Waals surface area contributed by atoms with Gasteiger partial charge in [-0.2, -0.15) is 0 Å². The van der Waals surface area contributed by atoms with Gasteiger partial charge in [0.05, 0.1) is 18.1 Å². The lowest BCUT2D eigenvalue weighted by molar-refractivity contribution is -0.115. The molecule has 38 heavy (non-hydrogen) atoms. The average Bonchev–Trinajstić information content (AvgIpc) is 3.42. The maximum atomic E-state index is 12.8. The Hall–Kier alpha value is -4.14. The number of benzene rings is 4. The molecule has 0 saturated heterocycles. The van der Waals surface area contributed by atoms with Gasteiger partial charge < -0.3 is 15.4 Å². The Balaban J connectivity index is 1.16. The van der Waals surface area contributed by atoms with Crippen molar-refractivity contribution < 1.29 is 14.3 Å². The Kier molecular flexibility index (Phi) is 7.72. The summed E-state index contributed by atoms with van der Waals surface area (Å²) >= 11 is 2.85. The van der Waals surface area contributed by atoms with Crippen LogP contribution in [0.1, 0.15) is 17.3 Å². The van der Waals surface area contributed by atoms with E-state index < -0.39 is 0 Å². The van der Waals surface area contributed by atoms with Gasteiger partial charge in [-0.15, -0.1) is 23.1 Å². The van der Waals surface area contributed by atoms with Crippen LogP contribution in [0, 0.1) is 0 Å². The van der Waals surface area contributed by atoms with Crippen LogP contribution in [-0.4, -0.2) is 29.2 Å². The van der Waals surface area contributed by atoms with E-state index in [9.17, 15) is 9.59 Å². The van der Waals surface area contributed by atoms with E-state index in [0.29, 0.717) is 22.1 Å². The molecule has 6 nitrogen and oxygen atoms in total. The maximum absolute atomic E-state index is 12.8. The molecule has 1 atom stereocenters. The van der Waals surface area contributed by atoms with Crippen LogP contribution in [0.2, 0.25) is 0 Å². The second-order valence-electron chi connectivity index (χ2n) is 8.56. The molecule has 5 rings (SSSR count). The Morgan fingerprint density at radius 1 is 0.895 bits per heavy atom. The lowest BCUT2D eigenvalue weighted by Crippen LogP contribution is -2.22. The van der Waals surface area contributed by atoms with Crippen molar-refractivity contribution in [3.8, 4) is 17.0 Å². The number of anilines is 2. The van der Waals surface area contributed by atoms with Crippen LogP contribution in [0.15, 0.2) is 101 Å². The van der Waals surface area contributed by atoms with Gasteiger partial charge in [-0.25, -0.2) is 4.98 Å². The smallest absolute Gasteiger partial charge is 0.255 e. The lowest BCUT2D eigenvalue weighted by Gasteiger charge is -2.11. The summed E-state index contributed by atoms with van der Waals surface area (Å²) in [5.74, 6) is 0.375. The molecule has 1 aromatic heterocycles. The highest BCUT2D eigenvalue weighted by Crippen LogP contribution is 2.29. The molecule has 2 amide bonds. The topological polar surface area (TPSA) is 80.3 Å². The summed E-state index contributed by atoms with van der Waals surface area (Å²) in [6.45, 7) is 1.86. The molecule has 0 aliphatic carbocycles. The molecular weight excluding hydrogens is 514 g/mol. The van der Waals surface area contributed by atoms with E-state index in [0.717, 1.165) is 21.5 Å². The van der Waals surface area contributed by atoms with Crippen molar-refractivity contribution >= 4 is 56.5 Å². The zero-order chi connectivity index (χ0) is 26.5. The molecule has 0 saturated carbocycles. The van der Waals surface area contributed by atoms with Gasteiger partial charge in [-0.1, -0.05) is 36.4 Å². The monoisotopic (exact) mass is 539 g/mol. The van der Waals surface area contributed by atoms with Crippen LogP contribution < -0.4 is 15.4 Å². The van der Waals surface area contributed by atoms with Crippen molar-refractivity contribution in [2.75, 3.05) is 17.7 Å². The number of fused-ring (bicyclic) bond motifs is 1. The van der Waals surface area contributed by atoms with Crippen molar-refractivity contribution in [1.82, 2.24) is 4.98 Å². The summed E-state index contributed by atoms with van der Waals surface area (Å²) in [4.78, 5) is 30.8. The van der Waals surface area contributed by atoms with Crippen molar-refractivity contribution in [3.05, 3.63) is 102 Å². The van der Waals surface area contributed by atoms with Crippen LogP contribution in [-0.2, 0) is 4.79 Å². The molecule has 190 valence electrons. The van der Waals surface area contributed by atoms with E-state index in [-0.39, 0.29) is 17.1 Å². The highest BCUT2D eigenvalue weighted by Gasteiger charge is 2.17. The van der Waals surface area contributed by atoms with E-state index in [2.05, 4.69) is 39.9 Å². The third-order valence-corrected chi connectivity index (χ3v) is 7.80. The van der Waals surface area contributed by atoms with E-state index in [1.165, 1.54) is 28.5 Å². The highest BCUT2D eigenvalue weighted by molar-refractivity contribution is 8.00. The third kappa shape index (κ3) is 6.04. The standard InChI is InChI=1S/C30H25N3O3S2/c1-19(38-26-15-11-24(12-16-26)31-29(35)21-9-13-25(36-2)14-10-21)28(34)33-30-32-27(18-37-30)23-8-7-20-5-3-4-6-22(20)17-23/h3-19H,1-2H3,(H,31,35)(H,32,33,34). The largest absolute Gasteiger partial charge is 0.497 e. The molecule has 0 aliphatic rings. The highest BCUT2D eigenvalue weighted by atomic mass is 32.2. The van der Waals surface area contributed by atoms with Crippen LogP contribution >= 0.6 is 23.1 Å². The number of amides is 2. The summed E-state index contributed by atoms with van der Waals surface area (Å²) in [7, 11) is 1.58. The minimum absolute atomic E-state index is 0.119. The molecule has 1 heterocycles. The first-order chi connectivity index (χ1) is 18.5. The third-order valence-electron chi connectivity index (χ3n) is 5.93. The summed E-state index contributed by atoms with van der Waals surface area (Å²) in [5.41, 5.74) is 3.07. The molecule has 5 aromatic rings. The molecule has 0 radical (unpaired) electrons. The number of rotatable bonds is 8. The first-order valence-electron chi connectivity index (χ1n) is 12.0. The zero-order valence-corrected chi connectivity index (χ0v) is 22.4. The predicted octanol–water partition coefficient (Wildman–Crippen LogP) is 7.34. The summed E-state index contributed by atoms with van der Waals surface area (Å²) in [5, 5.41) is 10.3. The fraction of sp³-hybridized carbons (Fsp3) is 0.100. The Bertz CT molecular complexity index is 1580. The van der Waals surface area contributed by atoms with Gasteiger partial charge in [0.1, 0.15) is 5.75 Å². The van der Waals surface area contributed by atoms with E-state index in [4.69, 9.17) is 4.74 Å². The SMILES string of the molecule is COc1ccc(C(=O)Nc2ccc(SC(C)C(=O)Nc3nc(-c4ccc5ccccc5c4)cs3)cc2)cc1. The number of hydrogen-bond acceptors (Lipinski definition) is 6. The molecular formula is C30H25N3O3S2. The Morgan fingerprint density at radius 2 is 1.63 bits per heavy atom. The molecule has 0 bridgehead atoms. The van der Waals surface area contributed by atoms with E-state index >= 15 is 0 Å². The average molecular weight is 540 g/mol. The molecule has 0 spiro atoms. The second kappa shape index (κ2) is 11.5. The normalized spacial score (nSPS) is 11.6. The van der Waals surface area contributed by atoms with Crippen molar-refractivity contribution in [2.24, 2.45) is 0 Å². The molecule has 8 heteroatoms. The summed E-state index contributed by atoms with van der Waals surface area (Å²) in [6.07, 6.45) is 0. The Labute approximate surface area is 229 Å². The van der Waals surface area contributed by atoms with Crippen molar-refractivity contribution in [3.63, 3.8) is 0 Å². The minimum atomic E-state index is -0.331. The van der Waals surface area contributed by atoms with Crippen LogP contribution in [0.25, 0.3) is 22.0 Å². The van der Waals surface area contributed by atoms with Crippen LogP contribution in [0.5, 0.6) is 5.75 Å². The molecule has 0 fully saturated rings. The first kappa shape index (κ1) is 25.5. The van der Waals surface area contributed by atoms with E-state index in [1.807, 2.05) is 54.8 Å². The molecule has 2 N–H and O–H groups in total. The van der Waals surface area contributed by atoms with Gasteiger partial charge in [-0.05, 0) is 72.3 Å². The number of carbonyl (C=O) groups is 2.